The van der Waals surface area contributed by atoms with E-state index in [-0.39, 0.29) is 0 Å². The highest BCUT2D eigenvalue weighted by molar-refractivity contribution is 7.81. The predicted molar refractivity (Wildman–Crippen MR) is 168 cm³/mol. The van der Waals surface area contributed by atoms with Gasteiger partial charge in [0.25, 0.3) is 0 Å². The molecular weight excluding hydrogens is 512 g/mol. The lowest BCUT2D eigenvalue weighted by Crippen LogP contribution is -2.15. The van der Waals surface area contributed by atoms with Crippen LogP contribution in [0.3, 0.4) is 0 Å². The van der Waals surface area contributed by atoms with Gasteiger partial charge in [-0.3, -0.25) is 0 Å². The number of nitrogens with one attached hydrogen (secondary N) is 1. The van der Waals surface area contributed by atoms with E-state index in [1.165, 1.54) is 33.4 Å². The summed E-state index contributed by atoms with van der Waals surface area (Å²) in [5, 5.41) is 8.71. The van der Waals surface area contributed by atoms with E-state index in [9.17, 15) is 0 Å². The molecule has 0 saturated heterocycles. The molecule has 1 N–H and O–H groups in total. The Morgan fingerprint density at radius 1 is 0.975 bits per heavy atom. The molecule has 5 aromatic rings. The van der Waals surface area contributed by atoms with Crippen LogP contribution in [0.15, 0.2) is 72.8 Å². The van der Waals surface area contributed by atoms with Crippen molar-refractivity contribution in [2.75, 3.05) is 5.32 Å². The maximum absolute atomic E-state index is 6.49. The molecule has 2 aromatic heterocycles. The molecule has 204 valence electrons. The van der Waals surface area contributed by atoms with E-state index in [0.717, 1.165) is 54.4 Å². The lowest BCUT2D eigenvalue weighted by atomic mass is 9.98. The van der Waals surface area contributed by atoms with Crippen LogP contribution in [0.1, 0.15) is 66.4 Å². The third kappa shape index (κ3) is 4.92. The minimum atomic E-state index is 0.379. The SMILES string of the molecule is Cc1cccc(NC(=S)c2c(-c3ccccc3)c3c4n(c(COc5cc(C)ccc5C(C)C)nn24)CCCC3)c1. The molecule has 5 nitrogen and oxygen atoms in total. The van der Waals surface area contributed by atoms with E-state index < -0.39 is 0 Å². The van der Waals surface area contributed by atoms with E-state index in [1.807, 2.05) is 0 Å². The van der Waals surface area contributed by atoms with Crippen molar-refractivity contribution in [3.63, 3.8) is 0 Å². The van der Waals surface area contributed by atoms with Gasteiger partial charge in [0, 0.05) is 23.4 Å². The number of aromatic nitrogens is 3. The summed E-state index contributed by atoms with van der Waals surface area (Å²) < 4.78 is 10.9. The van der Waals surface area contributed by atoms with Gasteiger partial charge in [0.2, 0.25) is 0 Å². The number of aryl methyl sites for hydroxylation is 4. The first kappa shape index (κ1) is 26.3. The Balaban J connectivity index is 1.48. The molecule has 1 aliphatic heterocycles. The molecule has 0 atom stereocenters. The highest BCUT2D eigenvalue weighted by Crippen LogP contribution is 2.37. The molecule has 0 amide bonds. The molecule has 0 saturated carbocycles. The monoisotopic (exact) mass is 548 g/mol. The van der Waals surface area contributed by atoms with Crippen LogP contribution in [0.2, 0.25) is 0 Å². The highest BCUT2D eigenvalue weighted by Gasteiger charge is 2.29. The Hall–Kier alpha value is -3.90. The topological polar surface area (TPSA) is 43.5 Å². The number of hydrogen-bond donors (Lipinski definition) is 1. The van der Waals surface area contributed by atoms with Crippen molar-refractivity contribution < 1.29 is 4.74 Å². The van der Waals surface area contributed by atoms with Gasteiger partial charge in [0.1, 0.15) is 28.7 Å². The van der Waals surface area contributed by atoms with E-state index in [2.05, 4.69) is 115 Å². The van der Waals surface area contributed by atoms with Gasteiger partial charge in [-0.2, -0.15) is 0 Å². The van der Waals surface area contributed by atoms with Crippen LogP contribution in [-0.2, 0) is 19.6 Å². The lowest BCUT2D eigenvalue weighted by molar-refractivity contribution is 0.284. The molecular formula is C34H36N4OS. The molecule has 6 rings (SSSR count). The molecule has 40 heavy (non-hydrogen) atoms. The second-order valence-electron chi connectivity index (χ2n) is 11.1. The summed E-state index contributed by atoms with van der Waals surface area (Å²) in [6.45, 7) is 9.93. The summed E-state index contributed by atoms with van der Waals surface area (Å²) in [6.07, 6.45) is 3.21. The van der Waals surface area contributed by atoms with Crippen LogP contribution in [-0.4, -0.2) is 19.2 Å². The normalized spacial score (nSPS) is 13.0. The molecule has 0 aliphatic carbocycles. The Morgan fingerprint density at radius 3 is 2.55 bits per heavy atom. The van der Waals surface area contributed by atoms with Gasteiger partial charge in [-0.25, -0.2) is 4.52 Å². The maximum atomic E-state index is 6.49. The fourth-order valence-corrected chi connectivity index (χ4v) is 6.14. The minimum absolute atomic E-state index is 0.379. The van der Waals surface area contributed by atoms with Crippen molar-refractivity contribution in [1.82, 2.24) is 14.2 Å². The Labute approximate surface area is 241 Å². The maximum Gasteiger partial charge on any atom is 0.169 e. The summed E-state index contributed by atoms with van der Waals surface area (Å²) in [5.41, 5.74) is 10.3. The predicted octanol–water partition coefficient (Wildman–Crippen LogP) is 8.25. The second kappa shape index (κ2) is 10.9. The summed E-state index contributed by atoms with van der Waals surface area (Å²) in [7, 11) is 0. The number of anilines is 1. The number of benzene rings is 3. The second-order valence-corrected chi connectivity index (χ2v) is 11.5. The molecule has 0 radical (unpaired) electrons. The summed E-state index contributed by atoms with van der Waals surface area (Å²) in [6, 6.07) is 25.4. The number of ether oxygens (including phenoxy) is 1. The van der Waals surface area contributed by atoms with Crippen molar-refractivity contribution in [2.24, 2.45) is 0 Å². The van der Waals surface area contributed by atoms with Crippen molar-refractivity contribution >= 4 is 28.5 Å². The van der Waals surface area contributed by atoms with E-state index >= 15 is 0 Å². The van der Waals surface area contributed by atoms with Gasteiger partial charge in [0.15, 0.2) is 5.82 Å². The Morgan fingerprint density at radius 2 is 1.77 bits per heavy atom. The van der Waals surface area contributed by atoms with Crippen molar-refractivity contribution in [1.29, 1.82) is 0 Å². The molecule has 0 unspecified atom stereocenters. The number of thiocarbonyl (C=S) groups is 1. The summed E-state index contributed by atoms with van der Waals surface area (Å²) >= 11 is 6.12. The average molecular weight is 549 g/mol. The fourth-order valence-electron chi connectivity index (χ4n) is 5.84. The van der Waals surface area contributed by atoms with Gasteiger partial charge >= 0.3 is 0 Å². The van der Waals surface area contributed by atoms with Crippen LogP contribution in [0.5, 0.6) is 5.75 Å². The van der Waals surface area contributed by atoms with Gasteiger partial charge in [-0.1, -0.05) is 80.7 Å². The van der Waals surface area contributed by atoms with E-state index in [1.54, 1.807) is 0 Å². The Kier molecular flexibility index (Phi) is 7.20. The lowest BCUT2D eigenvalue weighted by Gasteiger charge is -2.15. The van der Waals surface area contributed by atoms with Crippen LogP contribution in [0, 0.1) is 13.8 Å². The van der Waals surface area contributed by atoms with Crippen LogP contribution in [0.25, 0.3) is 16.8 Å². The standard InChI is InChI=1S/C34H36N4OS/c1-22(2)27-17-16-24(4)20-29(27)39-21-30-36-38-32(33(40)35-26-14-10-11-23(3)19-26)31(25-12-6-5-7-13-25)28-15-8-9-18-37(30)34(28)38/h5-7,10-14,16-17,19-20,22H,8-9,15,18,21H2,1-4H3,(H,35,40). The first-order valence-electron chi connectivity index (χ1n) is 14.2. The smallest absolute Gasteiger partial charge is 0.169 e. The van der Waals surface area contributed by atoms with Gasteiger partial charge in [-0.05, 0) is 79.5 Å². The number of hydrogen-bond acceptors (Lipinski definition) is 3. The number of rotatable bonds is 7. The van der Waals surface area contributed by atoms with Crippen molar-refractivity contribution in [2.45, 2.75) is 66.0 Å². The molecule has 1 aliphatic rings. The quantitative estimate of drug-likeness (QED) is 0.208. The summed E-state index contributed by atoms with van der Waals surface area (Å²) in [4.78, 5) is 0.671. The van der Waals surface area contributed by atoms with Crippen LogP contribution >= 0.6 is 12.2 Å². The summed E-state index contributed by atoms with van der Waals surface area (Å²) in [5.74, 6) is 2.24. The van der Waals surface area contributed by atoms with Crippen LogP contribution < -0.4 is 10.1 Å². The van der Waals surface area contributed by atoms with Crippen LogP contribution in [0.4, 0.5) is 5.69 Å². The average Bonchev–Trinajstić information content (AvgIpc) is 3.34. The third-order valence-corrected chi connectivity index (χ3v) is 8.06. The van der Waals surface area contributed by atoms with Crippen molar-refractivity contribution in [3.05, 3.63) is 107 Å². The van der Waals surface area contributed by atoms with Crippen molar-refractivity contribution in [3.8, 4) is 16.9 Å². The van der Waals surface area contributed by atoms with E-state index in [4.69, 9.17) is 22.1 Å². The molecule has 0 spiro atoms. The number of nitrogens with zero attached hydrogens (tertiary/aromatic N) is 3. The first-order valence-corrected chi connectivity index (χ1v) is 14.6. The Bertz CT molecular complexity index is 1700. The third-order valence-electron chi connectivity index (χ3n) is 7.76. The first-order chi connectivity index (χ1) is 19.4. The molecule has 0 bridgehead atoms. The zero-order valence-corrected chi connectivity index (χ0v) is 24.5. The zero-order chi connectivity index (χ0) is 27.8. The van der Waals surface area contributed by atoms with E-state index in [0.29, 0.717) is 17.5 Å². The molecule has 3 aromatic carbocycles. The van der Waals surface area contributed by atoms with Gasteiger partial charge in [0.05, 0.1) is 0 Å². The minimum Gasteiger partial charge on any atom is -0.485 e. The van der Waals surface area contributed by atoms with Gasteiger partial charge < -0.3 is 14.6 Å². The fraction of sp³-hybridized carbons (Fsp3) is 0.294. The zero-order valence-electron chi connectivity index (χ0n) is 23.7. The molecule has 3 heterocycles. The molecule has 0 fully saturated rings. The van der Waals surface area contributed by atoms with Gasteiger partial charge in [-0.15, -0.1) is 5.10 Å². The highest BCUT2D eigenvalue weighted by atomic mass is 32.1. The largest absolute Gasteiger partial charge is 0.485 e. The molecule has 6 heteroatoms.